The Morgan fingerprint density at radius 2 is 2.32 bits per heavy atom. The topological polar surface area (TPSA) is 69.8 Å². The van der Waals surface area contributed by atoms with Crippen LogP contribution >= 0.6 is 0 Å². The highest BCUT2D eigenvalue weighted by atomic mass is 16.1. The Labute approximate surface area is 111 Å². The van der Waals surface area contributed by atoms with Gasteiger partial charge in [0.15, 0.2) is 5.82 Å². The molecule has 3 rings (SSSR count). The van der Waals surface area contributed by atoms with Crippen LogP contribution in [-0.4, -0.2) is 22.6 Å². The van der Waals surface area contributed by atoms with Crippen LogP contribution in [0.4, 0.5) is 11.5 Å². The number of para-hydroxylation sites is 1. The molecule has 0 saturated heterocycles. The molecule has 98 valence electrons. The maximum atomic E-state index is 12.0. The summed E-state index contributed by atoms with van der Waals surface area (Å²) in [5.41, 5.74) is 3.29. The Morgan fingerprint density at radius 1 is 1.47 bits per heavy atom. The lowest BCUT2D eigenvalue weighted by atomic mass is 9.98. The minimum atomic E-state index is -0.00463. The highest BCUT2D eigenvalue weighted by Gasteiger charge is 2.24. The van der Waals surface area contributed by atoms with Gasteiger partial charge in [-0.15, -0.1) is 0 Å². The van der Waals surface area contributed by atoms with Crippen LogP contribution in [0.5, 0.6) is 0 Å². The molecule has 1 aromatic heterocycles. The Kier molecular flexibility index (Phi) is 2.95. The standard InChI is InChI=1S/C14H16N4O/c1-9-6-13(18-17-9)16-14(19)7-10-8-15-12-5-3-2-4-11(10)12/h2-6,10,15H,7-8H2,1H3,(H2,16,17,18,19). The Balaban J connectivity index is 1.65. The predicted molar refractivity (Wildman–Crippen MR) is 74.2 cm³/mol. The molecule has 1 unspecified atom stereocenters. The number of hydrogen-bond donors (Lipinski definition) is 3. The van der Waals surface area contributed by atoms with Crippen LogP contribution in [0.25, 0.3) is 0 Å². The van der Waals surface area contributed by atoms with Gasteiger partial charge >= 0.3 is 0 Å². The number of rotatable bonds is 3. The van der Waals surface area contributed by atoms with Gasteiger partial charge in [-0.05, 0) is 18.6 Å². The molecule has 0 fully saturated rings. The third kappa shape index (κ3) is 2.45. The summed E-state index contributed by atoms with van der Waals surface area (Å²) in [7, 11) is 0. The largest absolute Gasteiger partial charge is 0.384 e. The molecule has 5 nitrogen and oxygen atoms in total. The van der Waals surface area contributed by atoms with E-state index in [2.05, 4.69) is 26.9 Å². The summed E-state index contributed by atoms with van der Waals surface area (Å²) in [5, 5.41) is 12.9. The number of anilines is 2. The molecule has 0 radical (unpaired) electrons. The lowest BCUT2D eigenvalue weighted by Crippen LogP contribution is -2.16. The Hall–Kier alpha value is -2.30. The zero-order valence-corrected chi connectivity index (χ0v) is 10.7. The van der Waals surface area contributed by atoms with Crippen molar-refractivity contribution in [1.82, 2.24) is 10.2 Å². The van der Waals surface area contributed by atoms with Crippen LogP contribution in [0.2, 0.25) is 0 Å². The van der Waals surface area contributed by atoms with Crippen LogP contribution < -0.4 is 10.6 Å². The first kappa shape index (κ1) is 11.8. The molecular formula is C14H16N4O. The number of benzene rings is 1. The summed E-state index contributed by atoms with van der Waals surface area (Å²) in [6, 6.07) is 9.95. The van der Waals surface area contributed by atoms with Gasteiger partial charge in [-0.25, -0.2) is 0 Å². The van der Waals surface area contributed by atoms with Crippen LogP contribution in [0.3, 0.4) is 0 Å². The first-order chi connectivity index (χ1) is 9.22. The number of aromatic amines is 1. The highest BCUT2D eigenvalue weighted by Crippen LogP contribution is 2.33. The molecule has 2 aromatic rings. The first-order valence-electron chi connectivity index (χ1n) is 6.37. The van der Waals surface area contributed by atoms with E-state index in [1.54, 1.807) is 0 Å². The second-order valence-electron chi connectivity index (χ2n) is 4.85. The van der Waals surface area contributed by atoms with Crippen LogP contribution in [0.1, 0.15) is 23.6 Å². The quantitative estimate of drug-likeness (QED) is 0.789. The van der Waals surface area contributed by atoms with E-state index < -0.39 is 0 Å². The molecule has 0 saturated carbocycles. The first-order valence-corrected chi connectivity index (χ1v) is 6.37. The second-order valence-corrected chi connectivity index (χ2v) is 4.85. The molecular weight excluding hydrogens is 240 g/mol. The summed E-state index contributed by atoms with van der Waals surface area (Å²) in [5.74, 6) is 0.813. The fraction of sp³-hybridized carbons (Fsp3) is 0.286. The number of nitrogens with one attached hydrogen (secondary N) is 3. The van der Waals surface area contributed by atoms with E-state index in [1.165, 1.54) is 5.56 Å². The van der Waals surface area contributed by atoms with Crippen molar-refractivity contribution < 1.29 is 4.79 Å². The summed E-state index contributed by atoms with van der Waals surface area (Å²) < 4.78 is 0. The van der Waals surface area contributed by atoms with Crippen molar-refractivity contribution in [2.75, 3.05) is 17.2 Å². The number of fused-ring (bicyclic) bond motifs is 1. The van der Waals surface area contributed by atoms with Crippen molar-refractivity contribution in [3.05, 3.63) is 41.6 Å². The van der Waals surface area contributed by atoms with E-state index in [0.717, 1.165) is 17.9 Å². The van der Waals surface area contributed by atoms with Crippen LogP contribution in [0.15, 0.2) is 30.3 Å². The van der Waals surface area contributed by atoms with Gasteiger partial charge in [-0.3, -0.25) is 9.89 Å². The van der Waals surface area contributed by atoms with Crippen molar-refractivity contribution in [1.29, 1.82) is 0 Å². The average molecular weight is 256 g/mol. The summed E-state index contributed by atoms with van der Waals surface area (Å²) in [4.78, 5) is 12.0. The lowest BCUT2D eigenvalue weighted by Gasteiger charge is -2.09. The molecule has 5 heteroatoms. The van der Waals surface area contributed by atoms with E-state index in [0.29, 0.717) is 12.2 Å². The fourth-order valence-electron chi connectivity index (χ4n) is 2.44. The number of aryl methyl sites for hydroxylation is 1. The number of H-pyrrole nitrogens is 1. The van der Waals surface area contributed by atoms with Crippen molar-refractivity contribution in [2.24, 2.45) is 0 Å². The van der Waals surface area contributed by atoms with E-state index in [-0.39, 0.29) is 11.8 Å². The van der Waals surface area contributed by atoms with Gasteiger partial charge in [-0.1, -0.05) is 18.2 Å². The van der Waals surface area contributed by atoms with Crippen molar-refractivity contribution in [3.8, 4) is 0 Å². The summed E-state index contributed by atoms with van der Waals surface area (Å²) >= 11 is 0. The average Bonchev–Trinajstić information content (AvgIpc) is 2.97. The fourth-order valence-corrected chi connectivity index (χ4v) is 2.44. The van der Waals surface area contributed by atoms with Crippen molar-refractivity contribution in [3.63, 3.8) is 0 Å². The molecule has 1 aliphatic heterocycles. The SMILES string of the molecule is Cc1cc(NC(=O)CC2CNc3ccccc32)n[nH]1. The molecule has 3 N–H and O–H groups in total. The molecule has 1 aromatic carbocycles. The smallest absolute Gasteiger partial charge is 0.226 e. The van der Waals surface area contributed by atoms with Gasteiger partial charge in [0.1, 0.15) is 0 Å². The zero-order valence-electron chi connectivity index (χ0n) is 10.7. The Bertz CT molecular complexity index is 605. The number of carbonyl (C=O) groups excluding carboxylic acids is 1. The maximum Gasteiger partial charge on any atom is 0.226 e. The van der Waals surface area contributed by atoms with E-state index in [4.69, 9.17) is 0 Å². The third-order valence-electron chi connectivity index (χ3n) is 3.34. The monoisotopic (exact) mass is 256 g/mol. The lowest BCUT2D eigenvalue weighted by molar-refractivity contribution is -0.116. The molecule has 0 bridgehead atoms. The van der Waals surface area contributed by atoms with Gasteiger partial charge in [-0.2, -0.15) is 5.10 Å². The number of nitrogens with zero attached hydrogens (tertiary/aromatic N) is 1. The molecule has 2 heterocycles. The van der Waals surface area contributed by atoms with Gasteiger partial charge < -0.3 is 10.6 Å². The van der Waals surface area contributed by atoms with Gasteiger partial charge in [0.25, 0.3) is 0 Å². The molecule has 19 heavy (non-hydrogen) atoms. The van der Waals surface area contributed by atoms with Crippen molar-refractivity contribution in [2.45, 2.75) is 19.3 Å². The number of hydrogen-bond acceptors (Lipinski definition) is 3. The predicted octanol–water partition coefficient (Wildman–Crippen LogP) is 2.26. The van der Waals surface area contributed by atoms with E-state index >= 15 is 0 Å². The molecule has 1 aliphatic rings. The van der Waals surface area contributed by atoms with E-state index in [9.17, 15) is 4.79 Å². The molecule has 1 amide bonds. The number of aromatic nitrogens is 2. The highest BCUT2D eigenvalue weighted by molar-refractivity contribution is 5.90. The minimum Gasteiger partial charge on any atom is -0.384 e. The molecule has 0 aliphatic carbocycles. The number of carbonyl (C=O) groups is 1. The maximum absolute atomic E-state index is 12.0. The van der Waals surface area contributed by atoms with Gasteiger partial charge in [0.2, 0.25) is 5.91 Å². The third-order valence-corrected chi connectivity index (χ3v) is 3.34. The molecule has 0 spiro atoms. The van der Waals surface area contributed by atoms with Crippen LogP contribution in [0, 0.1) is 6.92 Å². The van der Waals surface area contributed by atoms with Gasteiger partial charge in [0, 0.05) is 36.3 Å². The van der Waals surface area contributed by atoms with Crippen molar-refractivity contribution >= 4 is 17.4 Å². The summed E-state index contributed by atoms with van der Waals surface area (Å²) in [6.45, 7) is 2.71. The van der Waals surface area contributed by atoms with Gasteiger partial charge in [0.05, 0.1) is 0 Å². The minimum absolute atomic E-state index is 0.00463. The number of amides is 1. The van der Waals surface area contributed by atoms with Crippen LogP contribution in [-0.2, 0) is 4.79 Å². The second kappa shape index (κ2) is 4.76. The molecule has 1 atom stereocenters. The summed E-state index contributed by atoms with van der Waals surface area (Å²) in [6.07, 6.45) is 0.468. The van der Waals surface area contributed by atoms with E-state index in [1.807, 2.05) is 31.2 Å². The zero-order chi connectivity index (χ0) is 13.2. The normalized spacial score (nSPS) is 16.8. The Morgan fingerprint density at radius 3 is 3.11 bits per heavy atom.